The molecule has 2 aromatic rings. The summed E-state index contributed by atoms with van der Waals surface area (Å²) in [6.07, 6.45) is 18.6. The summed E-state index contributed by atoms with van der Waals surface area (Å²) < 4.78 is 30.4. The average molecular weight is 761 g/mol. The van der Waals surface area contributed by atoms with E-state index in [1.165, 1.54) is 35.1 Å². The molecule has 2 nitrogen and oxygen atoms in total. The van der Waals surface area contributed by atoms with Gasteiger partial charge in [-0.15, -0.1) is 0 Å². The molecule has 0 saturated carbocycles. The van der Waals surface area contributed by atoms with Crippen LogP contribution in [0.4, 0.5) is 0 Å². The van der Waals surface area contributed by atoms with Gasteiger partial charge in [-0.3, -0.25) is 0 Å². The minimum absolute atomic E-state index is 0.0482. The van der Waals surface area contributed by atoms with Crippen molar-refractivity contribution in [3.63, 3.8) is 0 Å². The van der Waals surface area contributed by atoms with Crippen LogP contribution in [0.25, 0.3) is 0 Å². The van der Waals surface area contributed by atoms with Crippen LogP contribution in [-0.4, -0.2) is 8.42 Å². The van der Waals surface area contributed by atoms with Gasteiger partial charge in [0, 0.05) is 20.1 Å². The predicted octanol–water partition coefficient (Wildman–Crippen LogP) is 14.6. The van der Waals surface area contributed by atoms with Crippen LogP contribution in [0, 0.1) is 10.8 Å². The van der Waals surface area contributed by atoms with Crippen molar-refractivity contribution in [2.75, 3.05) is 0 Å². The summed E-state index contributed by atoms with van der Waals surface area (Å²) in [6, 6.07) is 9.91. The van der Waals surface area contributed by atoms with Crippen molar-refractivity contribution in [3.8, 4) is 0 Å². The van der Waals surface area contributed by atoms with Crippen LogP contribution < -0.4 is 0 Å². The van der Waals surface area contributed by atoms with E-state index >= 15 is 8.42 Å². The number of rotatable bonds is 10. The molecule has 0 spiro atoms. The summed E-state index contributed by atoms with van der Waals surface area (Å²) in [4.78, 5) is 0. The van der Waals surface area contributed by atoms with Gasteiger partial charge in [-0.25, -0.2) is 8.42 Å². The highest BCUT2D eigenvalue weighted by Gasteiger charge is 2.37. The Morgan fingerprint density at radius 1 is 0.673 bits per heavy atom. The maximum Gasteiger partial charge on any atom is 0.171 e. The van der Waals surface area contributed by atoms with Gasteiger partial charge in [-0.1, -0.05) is 133 Å². The third-order valence-corrected chi connectivity index (χ3v) is 13.5. The van der Waals surface area contributed by atoms with Gasteiger partial charge in [0.2, 0.25) is 0 Å². The first-order valence-corrected chi connectivity index (χ1v) is 20.2. The van der Waals surface area contributed by atoms with Gasteiger partial charge in [-0.05, 0) is 136 Å². The zero-order valence-electron chi connectivity index (χ0n) is 30.1. The molecule has 264 valence electrons. The van der Waals surface area contributed by atoms with Crippen molar-refractivity contribution >= 4 is 56.2 Å². The highest BCUT2D eigenvalue weighted by atomic mass is 35.5. The quantitative estimate of drug-likeness (QED) is 0.226. The second-order valence-electron chi connectivity index (χ2n) is 15.1. The van der Waals surface area contributed by atoms with Crippen molar-refractivity contribution in [3.05, 3.63) is 138 Å². The Balaban J connectivity index is 1.90. The monoisotopic (exact) mass is 758 g/mol. The smallest absolute Gasteiger partial charge is 0.171 e. The minimum atomic E-state index is -4.12. The summed E-state index contributed by atoms with van der Waals surface area (Å²) in [7, 11) is -4.12. The maximum absolute atomic E-state index is 15.2. The molecule has 0 aromatic heterocycles. The average Bonchev–Trinajstić information content (AvgIpc) is 3.00. The lowest BCUT2D eigenvalue weighted by molar-refractivity contribution is 0.376. The van der Waals surface area contributed by atoms with Crippen LogP contribution in [0.2, 0.25) is 20.1 Å². The van der Waals surface area contributed by atoms with Gasteiger partial charge >= 0.3 is 0 Å². The van der Waals surface area contributed by atoms with Crippen LogP contribution in [-0.2, 0) is 9.84 Å². The highest BCUT2D eigenvalue weighted by molar-refractivity contribution is 7.92. The molecule has 49 heavy (non-hydrogen) atoms. The fourth-order valence-corrected chi connectivity index (χ4v) is 10.6. The molecule has 2 aliphatic rings. The van der Waals surface area contributed by atoms with Gasteiger partial charge in [0.1, 0.15) is 10.5 Å². The zero-order chi connectivity index (χ0) is 36.3. The molecule has 0 saturated heterocycles. The molecule has 0 amide bonds. The first kappa shape index (κ1) is 39.8. The van der Waals surface area contributed by atoms with Crippen LogP contribution in [0.1, 0.15) is 116 Å². The lowest BCUT2D eigenvalue weighted by Crippen LogP contribution is -2.20. The van der Waals surface area contributed by atoms with Crippen molar-refractivity contribution in [1.82, 2.24) is 0 Å². The fourth-order valence-electron chi connectivity index (χ4n) is 7.39. The van der Waals surface area contributed by atoms with Gasteiger partial charge in [-0.2, -0.15) is 0 Å². The molecule has 2 unspecified atom stereocenters. The number of hydrogen-bond donors (Lipinski definition) is 0. The molecule has 0 fully saturated rings. The Bertz CT molecular complexity index is 1740. The largest absolute Gasteiger partial charge is 0.227 e. The van der Waals surface area contributed by atoms with Crippen molar-refractivity contribution in [1.29, 1.82) is 0 Å². The van der Waals surface area contributed by atoms with E-state index in [-0.39, 0.29) is 10.8 Å². The summed E-state index contributed by atoms with van der Waals surface area (Å²) in [5.41, 5.74) is 7.84. The van der Waals surface area contributed by atoms with E-state index in [4.69, 9.17) is 46.4 Å². The highest BCUT2D eigenvalue weighted by Crippen LogP contribution is 2.45. The van der Waals surface area contributed by atoms with Crippen LogP contribution in [0.3, 0.4) is 0 Å². The third kappa shape index (κ3) is 9.66. The first-order valence-electron chi connectivity index (χ1n) is 17.1. The molecular formula is C42H50Cl4O2S. The normalized spacial score (nSPS) is 20.4. The van der Waals surface area contributed by atoms with Gasteiger partial charge in [0.05, 0.1) is 0 Å². The molecule has 0 radical (unpaired) electrons. The molecule has 2 aliphatic carbocycles. The van der Waals surface area contributed by atoms with Crippen LogP contribution >= 0.6 is 46.4 Å². The second kappa shape index (κ2) is 16.1. The third-order valence-electron chi connectivity index (χ3n) is 10.2. The topological polar surface area (TPSA) is 34.1 Å². The summed E-state index contributed by atoms with van der Waals surface area (Å²) in [5.74, 6) is 0. The Morgan fingerprint density at radius 3 is 1.39 bits per heavy atom. The van der Waals surface area contributed by atoms with Crippen LogP contribution in [0.5, 0.6) is 0 Å². The molecule has 0 N–H and O–H groups in total. The van der Waals surface area contributed by atoms with E-state index in [9.17, 15) is 0 Å². The molecule has 0 bridgehead atoms. The first-order chi connectivity index (χ1) is 22.8. The van der Waals surface area contributed by atoms with E-state index in [0.29, 0.717) is 31.2 Å². The number of benzene rings is 2. The maximum atomic E-state index is 15.2. The Labute approximate surface area is 315 Å². The van der Waals surface area contributed by atoms with E-state index in [0.717, 1.165) is 36.8 Å². The van der Waals surface area contributed by atoms with Gasteiger partial charge in [0.25, 0.3) is 0 Å². The molecule has 2 atom stereocenters. The number of halogens is 4. The predicted molar refractivity (Wildman–Crippen MR) is 214 cm³/mol. The zero-order valence-corrected chi connectivity index (χ0v) is 33.9. The Hall–Kier alpha value is -2.01. The molecule has 4 rings (SSSR count). The van der Waals surface area contributed by atoms with Crippen molar-refractivity contribution < 1.29 is 8.42 Å². The lowest BCUT2D eigenvalue weighted by Gasteiger charge is -2.33. The van der Waals surface area contributed by atoms with Crippen molar-refractivity contribution in [2.24, 2.45) is 10.8 Å². The van der Waals surface area contributed by atoms with Crippen LogP contribution in [0.15, 0.2) is 106 Å². The summed E-state index contributed by atoms with van der Waals surface area (Å²) >= 11 is 26.5. The lowest BCUT2D eigenvalue weighted by atomic mass is 9.72. The van der Waals surface area contributed by atoms with Gasteiger partial charge in [0.15, 0.2) is 9.84 Å². The Kier molecular flexibility index (Phi) is 13.1. The molecule has 0 heterocycles. The Morgan fingerprint density at radius 2 is 1.04 bits per heavy atom. The number of hydrogen-bond acceptors (Lipinski definition) is 2. The SMILES string of the molecule is CC(C=CC1=C(C)CCCC1(C)C)=CC(c1cc(Cl)ccc1Cl)S(=O)(=O)C(C=C(C)C=CC1=C(C)CCCC1(C)C)c1cc(Cl)ccc1Cl. The van der Waals surface area contributed by atoms with E-state index in [1.54, 1.807) is 48.6 Å². The summed E-state index contributed by atoms with van der Waals surface area (Å²) in [5, 5.41) is -0.831. The van der Waals surface area contributed by atoms with E-state index in [2.05, 4.69) is 53.7 Å². The summed E-state index contributed by atoms with van der Waals surface area (Å²) in [6.45, 7) is 17.3. The fraction of sp³-hybridized carbons (Fsp3) is 0.429. The number of allylic oxidation sites excluding steroid dienone is 10. The molecule has 7 heteroatoms. The second-order valence-corrected chi connectivity index (χ2v) is 19.0. The van der Waals surface area contributed by atoms with E-state index < -0.39 is 20.3 Å². The molecule has 2 aromatic carbocycles. The number of sulfone groups is 1. The standard InChI is InChI=1S/C42H50Cl4O2S/c1-27(13-17-35-29(3)11-9-21-41(35,5)6)23-39(33-25-31(43)15-19-37(33)45)49(47,48)40(34-26-32(44)16-20-38(34)46)24-28(2)14-18-36-30(4)12-10-22-42(36,7)8/h13-20,23-26,39-40H,9-12,21-22H2,1-8H3. The molecule has 0 aliphatic heterocycles. The minimum Gasteiger partial charge on any atom is -0.227 e. The van der Waals surface area contributed by atoms with E-state index in [1.807, 2.05) is 26.0 Å². The van der Waals surface area contributed by atoms with Gasteiger partial charge < -0.3 is 0 Å². The van der Waals surface area contributed by atoms with Crippen molar-refractivity contribution in [2.45, 2.75) is 104 Å². The molecular weight excluding hydrogens is 710 g/mol.